The number of nitrogens with one attached hydrogen (secondary N) is 2. The molecule has 21 heavy (non-hydrogen) atoms. The summed E-state index contributed by atoms with van der Waals surface area (Å²) < 4.78 is 13.7. The van der Waals surface area contributed by atoms with Crippen molar-refractivity contribution in [2.45, 2.75) is 52.1 Å². The van der Waals surface area contributed by atoms with Gasteiger partial charge in [-0.1, -0.05) is 13.8 Å². The fourth-order valence-corrected chi connectivity index (χ4v) is 2.55. The molecule has 6 heteroatoms. The maximum atomic E-state index is 13.7. The Balaban J connectivity index is 1.98. The molecular formula is C15H25FN4O. The van der Waals surface area contributed by atoms with Gasteiger partial charge in [-0.2, -0.15) is 4.98 Å². The Bertz CT molecular complexity index is 483. The first-order valence-corrected chi connectivity index (χ1v) is 7.56. The normalized spacial score (nSPS) is 20.0. The Hall–Kier alpha value is -1.43. The number of nitrogens with zero attached hydrogens (tertiary/aromatic N) is 2. The lowest BCUT2D eigenvalue weighted by Crippen LogP contribution is -2.42. The summed E-state index contributed by atoms with van der Waals surface area (Å²) in [5.41, 5.74) is -0.504. The standard InChI is InChI=1S/C15H25FN4O/c1-4-17-13-18-9-11(16)12(20-13)19-10-15(21)7-5-14(2,3)6-8-15/h9,21H,4-8,10H2,1-3H3,(H2,17,18,19,20). The highest BCUT2D eigenvalue weighted by Gasteiger charge is 2.36. The van der Waals surface area contributed by atoms with Gasteiger partial charge in [0.25, 0.3) is 0 Å². The second-order valence-electron chi connectivity index (χ2n) is 6.66. The van der Waals surface area contributed by atoms with Crippen LogP contribution in [0, 0.1) is 11.2 Å². The molecule has 0 saturated heterocycles. The van der Waals surface area contributed by atoms with E-state index in [4.69, 9.17) is 0 Å². The summed E-state index contributed by atoms with van der Waals surface area (Å²) in [7, 11) is 0. The van der Waals surface area contributed by atoms with Gasteiger partial charge in [0.15, 0.2) is 11.6 Å². The number of hydrogen-bond donors (Lipinski definition) is 3. The molecular weight excluding hydrogens is 271 g/mol. The van der Waals surface area contributed by atoms with Crippen LogP contribution < -0.4 is 10.6 Å². The predicted molar refractivity (Wildman–Crippen MR) is 81.8 cm³/mol. The van der Waals surface area contributed by atoms with Crippen molar-refractivity contribution in [1.29, 1.82) is 0 Å². The second-order valence-corrected chi connectivity index (χ2v) is 6.66. The average molecular weight is 296 g/mol. The highest BCUT2D eigenvalue weighted by molar-refractivity contribution is 5.41. The van der Waals surface area contributed by atoms with Crippen molar-refractivity contribution < 1.29 is 9.50 Å². The molecule has 0 amide bonds. The van der Waals surface area contributed by atoms with Crippen LogP contribution in [0.15, 0.2) is 6.20 Å². The topological polar surface area (TPSA) is 70.1 Å². The summed E-state index contributed by atoms with van der Waals surface area (Å²) in [6.07, 6.45) is 4.53. The largest absolute Gasteiger partial charge is 0.388 e. The van der Waals surface area contributed by atoms with E-state index in [0.29, 0.717) is 19.0 Å². The van der Waals surface area contributed by atoms with Gasteiger partial charge in [-0.05, 0) is 38.0 Å². The van der Waals surface area contributed by atoms with Crippen LogP contribution in [0.5, 0.6) is 0 Å². The minimum absolute atomic E-state index is 0.138. The Morgan fingerprint density at radius 2 is 1.90 bits per heavy atom. The lowest BCUT2D eigenvalue weighted by atomic mass is 9.71. The molecule has 118 valence electrons. The van der Waals surface area contributed by atoms with Crippen molar-refractivity contribution in [3.63, 3.8) is 0 Å². The first-order valence-electron chi connectivity index (χ1n) is 7.56. The molecule has 1 aliphatic carbocycles. The van der Waals surface area contributed by atoms with E-state index >= 15 is 0 Å². The SMILES string of the molecule is CCNc1ncc(F)c(NCC2(O)CCC(C)(C)CC2)n1. The van der Waals surface area contributed by atoms with Crippen LogP contribution in [0.4, 0.5) is 16.2 Å². The zero-order valence-corrected chi connectivity index (χ0v) is 13.0. The quantitative estimate of drug-likeness (QED) is 0.779. The molecule has 1 aliphatic rings. The highest BCUT2D eigenvalue weighted by atomic mass is 19.1. The lowest BCUT2D eigenvalue weighted by molar-refractivity contribution is -0.0146. The van der Waals surface area contributed by atoms with Crippen molar-refractivity contribution in [3.05, 3.63) is 12.0 Å². The number of aliphatic hydroxyl groups is 1. The van der Waals surface area contributed by atoms with Gasteiger partial charge in [-0.3, -0.25) is 0 Å². The van der Waals surface area contributed by atoms with Gasteiger partial charge >= 0.3 is 0 Å². The van der Waals surface area contributed by atoms with Gasteiger partial charge in [0.05, 0.1) is 11.8 Å². The van der Waals surface area contributed by atoms with E-state index in [1.54, 1.807) is 0 Å². The summed E-state index contributed by atoms with van der Waals surface area (Å²) in [6, 6.07) is 0. The fraction of sp³-hybridized carbons (Fsp3) is 0.733. The Kier molecular flexibility index (Phi) is 4.66. The third-order valence-corrected chi connectivity index (χ3v) is 4.20. The van der Waals surface area contributed by atoms with Crippen LogP contribution in [0.1, 0.15) is 46.5 Å². The average Bonchev–Trinajstić information content (AvgIpc) is 2.44. The summed E-state index contributed by atoms with van der Waals surface area (Å²) in [4.78, 5) is 7.95. The van der Waals surface area contributed by atoms with Crippen LogP contribution in [-0.2, 0) is 0 Å². The van der Waals surface area contributed by atoms with Crippen molar-refractivity contribution in [1.82, 2.24) is 9.97 Å². The lowest BCUT2D eigenvalue weighted by Gasteiger charge is -2.40. The van der Waals surface area contributed by atoms with E-state index in [-0.39, 0.29) is 11.2 Å². The monoisotopic (exact) mass is 296 g/mol. The molecule has 3 N–H and O–H groups in total. The molecule has 1 aromatic rings. The molecule has 1 heterocycles. The molecule has 0 spiro atoms. The molecule has 1 saturated carbocycles. The van der Waals surface area contributed by atoms with E-state index in [0.717, 1.165) is 31.9 Å². The van der Waals surface area contributed by atoms with Gasteiger partial charge in [0, 0.05) is 13.1 Å². The Labute approximate surface area is 125 Å². The first-order chi connectivity index (χ1) is 9.84. The Morgan fingerprint density at radius 1 is 1.24 bits per heavy atom. The highest BCUT2D eigenvalue weighted by Crippen LogP contribution is 2.40. The molecule has 0 bridgehead atoms. The number of anilines is 2. The van der Waals surface area contributed by atoms with Crippen LogP contribution in [0.3, 0.4) is 0 Å². The van der Waals surface area contributed by atoms with E-state index in [1.165, 1.54) is 0 Å². The van der Waals surface area contributed by atoms with Crippen LogP contribution in [-0.4, -0.2) is 33.8 Å². The van der Waals surface area contributed by atoms with Crippen molar-refractivity contribution in [3.8, 4) is 0 Å². The summed E-state index contributed by atoms with van der Waals surface area (Å²) in [5, 5.41) is 16.5. The van der Waals surface area contributed by atoms with Gasteiger partial charge in [0.2, 0.25) is 5.95 Å². The third kappa shape index (κ3) is 4.27. The fourth-order valence-electron chi connectivity index (χ4n) is 2.55. The molecule has 0 atom stereocenters. The maximum Gasteiger partial charge on any atom is 0.224 e. The van der Waals surface area contributed by atoms with Crippen molar-refractivity contribution in [2.24, 2.45) is 5.41 Å². The summed E-state index contributed by atoms with van der Waals surface area (Å²) in [5.74, 6) is 0.0220. The van der Waals surface area contributed by atoms with Crippen molar-refractivity contribution >= 4 is 11.8 Å². The first kappa shape index (κ1) is 15.9. The smallest absolute Gasteiger partial charge is 0.224 e. The Morgan fingerprint density at radius 3 is 2.52 bits per heavy atom. The molecule has 0 aromatic carbocycles. The minimum Gasteiger partial charge on any atom is -0.388 e. The maximum absolute atomic E-state index is 13.7. The van der Waals surface area contributed by atoms with E-state index in [2.05, 4.69) is 34.4 Å². The molecule has 5 nitrogen and oxygen atoms in total. The van der Waals surface area contributed by atoms with Gasteiger partial charge in [0.1, 0.15) is 0 Å². The van der Waals surface area contributed by atoms with E-state index < -0.39 is 11.4 Å². The molecule has 0 radical (unpaired) electrons. The van der Waals surface area contributed by atoms with E-state index in [9.17, 15) is 9.50 Å². The molecule has 1 fully saturated rings. The summed E-state index contributed by atoms with van der Waals surface area (Å²) >= 11 is 0. The number of halogens is 1. The molecule has 2 rings (SSSR count). The number of rotatable bonds is 5. The predicted octanol–water partition coefficient (Wildman–Crippen LogP) is 2.79. The zero-order valence-electron chi connectivity index (χ0n) is 13.0. The molecule has 1 aromatic heterocycles. The number of aromatic nitrogens is 2. The van der Waals surface area contributed by atoms with Gasteiger partial charge in [-0.25, -0.2) is 9.37 Å². The van der Waals surface area contributed by atoms with Crippen LogP contribution in [0.2, 0.25) is 0 Å². The number of hydrogen-bond acceptors (Lipinski definition) is 5. The van der Waals surface area contributed by atoms with Crippen LogP contribution >= 0.6 is 0 Å². The van der Waals surface area contributed by atoms with Gasteiger partial charge in [-0.15, -0.1) is 0 Å². The third-order valence-electron chi connectivity index (χ3n) is 4.20. The molecule has 0 aliphatic heterocycles. The minimum atomic E-state index is -0.786. The molecule has 0 unspecified atom stereocenters. The van der Waals surface area contributed by atoms with Crippen LogP contribution in [0.25, 0.3) is 0 Å². The summed E-state index contributed by atoms with van der Waals surface area (Å²) in [6.45, 7) is 7.33. The second kappa shape index (κ2) is 6.13. The zero-order chi connectivity index (χ0) is 15.5. The van der Waals surface area contributed by atoms with Crippen molar-refractivity contribution in [2.75, 3.05) is 23.7 Å². The van der Waals surface area contributed by atoms with E-state index in [1.807, 2.05) is 6.92 Å². The van der Waals surface area contributed by atoms with Gasteiger partial charge < -0.3 is 15.7 Å².